The molecule has 0 radical (unpaired) electrons. The third-order valence-electron chi connectivity index (χ3n) is 8.24. The van der Waals surface area contributed by atoms with E-state index < -0.39 is 52.3 Å². The van der Waals surface area contributed by atoms with E-state index in [-0.39, 0.29) is 41.2 Å². The summed E-state index contributed by atoms with van der Waals surface area (Å²) in [6.45, 7) is 2.86. The first-order valence-corrected chi connectivity index (χ1v) is 17.1. The number of thiazole rings is 1. The number of carbonyl (C=O) groups is 4. The van der Waals surface area contributed by atoms with Gasteiger partial charge in [-0.05, 0) is 26.0 Å². The number of β-lactam (4-membered cyclic amide) rings is 1. The first-order chi connectivity index (χ1) is 24.1. The van der Waals surface area contributed by atoms with Gasteiger partial charge in [0.2, 0.25) is 5.60 Å². The molecule has 1 aromatic carbocycles. The number of benzene rings is 1. The van der Waals surface area contributed by atoms with Crippen LogP contribution in [-0.2, 0) is 37.1 Å². The fourth-order valence-corrected chi connectivity index (χ4v) is 7.37. The molecular formula is C32H31FN9O7S2+. The van der Waals surface area contributed by atoms with E-state index >= 15 is 0 Å². The smallest absolute Gasteiger partial charge is 0.352 e. The van der Waals surface area contributed by atoms with Gasteiger partial charge in [0.15, 0.2) is 29.8 Å². The number of halogens is 1. The molecule has 4 aromatic rings. The van der Waals surface area contributed by atoms with Crippen molar-refractivity contribution in [2.75, 3.05) is 11.5 Å². The van der Waals surface area contributed by atoms with Crippen molar-refractivity contribution in [1.82, 2.24) is 19.8 Å². The number of hydrogen-bond acceptors (Lipinski definition) is 11. The zero-order valence-electron chi connectivity index (χ0n) is 27.0. The number of pyridine rings is 1. The molecule has 1 fully saturated rings. The molecule has 2 aliphatic heterocycles. The third kappa shape index (κ3) is 6.84. The Kier molecular flexibility index (Phi) is 9.25. The van der Waals surface area contributed by atoms with Gasteiger partial charge in [-0.1, -0.05) is 17.3 Å². The lowest BCUT2D eigenvalue weighted by molar-refractivity contribution is -0.687. The Balaban J connectivity index is 1.18. The average molecular weight is 737 g/mol. The molecule has 0 unspecified atom stereocenters. The normalized spacial score (nSPS) is 17.6. The number of carboxylic acid groups (broad SMARTS) is 2. The van der Waals surface area contributed by atoms with Crippen molar-refractivity contribution >= 4 is 74.4 Å². The van der Waals surface area contributed by atoms with Gasteiger partial charge in [-0.15, -0.1) is 23.1 Å². The van der Waals surface area contributed by atoms with Crippen LogP contribution in [0.1, 0.15) is 30.7 Å². The molecule has 3 aromatic heterocycles. The number of hydrogen-bond donors (Lipinski definition) is 6. The van der Waals surface area contributed by atoms with Gasteiger partial charge in [0, 0.05) is 40.1 Å². The summed E-state index contributed by atoms with van der Waals surface area (Å²) in [6.07, 6.45) is 5.39. The number of rotatable bonds is 12. The van der Waals surface area contributed by atoms with Crippen molar-refractivity contribution in [2.24, 2.45) is 10.9 Å². The number of thioether (sulfide) groups is 1. The highest BCUT2D eigenvalue weighted by Gasteiger charge is 2.55. The van der Waals surface area contributed by atoms with Crippen LogP contribution in [0.25, 0.3) is 10.9 Å². The molecule has 2 atom stereocenters. The Hall–Kier alpha value is -5.82. The Morgan fingerprint density at radius 2 is 2.02 bits per heavy atom. The molecule has 2 aliphatic rings. The maximum atomic E-state index is 14.7. The van der Waals surface area contributed by atoms with Crippen molar-refractivity contribution < 1.29 is 43.2 Å². The highest BCUT2D eigenvalue weighted by molar-refractivity contribution is 8.00. The van der Waals surface area contributed by atoms with E-state index in [4.69, 9.17) is 21.7 Å². The van der Waals surface area contributed by atoms with Crippen molar-refractivity contribution in [1.29, 1.82) is 5.41 Å². The number of nitrogens with one attached hydrogen (secondary N) is 2. The van der Waals surface area contributed by atoms with Crippen LogP contribution in [0.5, 0.6) is 0 Å². The minimum absolute atomic E-state index is 0.00402. The molecule has 0 saturated carbocycles. The van der Waals surface area contributed by atoms with E-state index in [9.17, 15) is 33.8 Å². The molecule has 264 valence electrons. The van der Waals surface area contributed by atoms with Crippen molar-refractivity contribution in [3.8, 4) is 0 Å². The summed E-state index contributed by atoms with van der Waals surface area (Å²) in [7, 11) is 0. The zero-order chi connectivity index (χ0) is 36.8. The number of oxime groups is 1. The van der Waals surface area contributed by atoms with Crippen LogP contribution < -0.4 is 21.4 Å². The first kappa shape index (κ1) is 35.0. The molecule has 1 saturated heterocycles. The summed E-state index contributed by atoms with van der Waals surface area (Å²) in [5, 5.41) is 35.0. The third-order valence-corrected chi connectivity index (χ3v) is 10.3. The molecule has 5 heterocycles. The average Bonchev–Trinajstić information content (AvgIpc) is 3.69. The maximum Gasteiger partial charge on any atom is 0.352 e. The van der Waals surface area contributed by atoms with Gasteiger partial charge in [0.25, 0.3) is 11.8 Å². The number of anilines is 1. The summed E-state index contributed by atoms with van der Waals surface area (Å²) in [6, 6.07) is 6.97. The van der Waals surface area contributed by atoms with Crippen LogP contribution in [0.2, 0.25) is 0 Å². The SMILES string of the molecule is CC(C)(O/N=C(\C(=O)N[C@@H]1C(=O)N2C(C(=O)O)=C(C[n+]3ccc4c(ccn4Cc4ccc(C(=N)N)cc4F)c3)CS[C@H]12)c1csc(N)n1)C(=O)O. The second-order valence-electron chi connectivity index (χ2n) is 12.2. The van der Waals surface area contributed by atoms with Gasteiger partial charge in [0.1, 0.15) is 34.5 Å². The van der Waals surface area contributed by atoms with E-state index in [1.165, 1.54) is 37.1 Å². The highest BCUT2D eigenvalue weighted by Crippen LogP contribution is 2.40. The van der Waals surface area contributed by atoms with Crippen molar-refractivity contribution in [2.45, 2.75) is 44.0 Å². The number of amidine groups is 1. The van der Waals surface area contributed by atoms with Crippen LogP contribution >= 0.6 is 23.1 Å². The number of nitrogens with two attached hydrogens (primary N) is 2. The van der Waals surface area contributed by atoms with Crippen LogP contribution in [0.15, 0.2) is 70.7 Å². The first-order valence-electron chi connectivity index (χ1n) is 15.2. The van der Waals surface area contributed by atoms with E-state index in [1.54, 1.807) is 22.9 Å². The van der Waals surface area contributed by atoms with E-state index in [0.29, 0.717) is 16.7 Å². The van der Waals surface area contributed by atoms with E-state index in [0.717, 1.165) is 27.1 Å². The number of aliphatic carboxylic acids is 2. The number of carboxylic acids is 2. The largest absolute Gasteiger partial charge is 0.478 e. The molecule has 6 rings (SSSR count). The van der Waals surface area contributed by atoms with Crippen LogP contribution in [0.3, 0.4) is 0 Å². The highest BCUT2D eigenvalue weighted by atomic mass is 32.2. The molecular weight excluding hydrogens is 706 g/mol. The minimum Gasteiger partial charge on any atom is -0.478 e. The second-order valence-corrected chi connectivity index (χ2v) is 14.2. The zero-order valence-corrected chi connectivity index (χ0v) is 28.6. The molecule has 51 heavy (non-hydrogen) atoms. The Labute approximate surface area is 296 Å². The van der Waals surface area contributed by atoms with Gasteiger partial charge in [0.05, 0.1) is 17.4 Å². The lowest BCUT2D eigenvalue weighted by Gasteiger charge is -2.49. The number of amides is 2. The monoisotopic (exact) mass is 736 g/mol. The molecule has 0 spiro atoms. The lowest BCUT2D eigenvalue weighted by atomic mass is 10.0. The van der Waals surface area contributed by atoms with Gasteiger partial charge < -0.3 is 36.4 Å². The van der Waals surface area contributed by atoms with Gasteiger partial charge in [-0.25, -0.2) is 23.5 Å². The number of aromatic nitrogens is 3. The summed E-state index contributed by atoms with van der Waals surface area (Å²) in [4.78, 5) is 61.1. The molecule has 19 heteroatoms. The van der Waals surface area contributed by atoms with Crippen LogP contribution in [0, 0.1) is 11.2 Å². The van der Waals surface area contributed by atoms with E-state index in [1.807, 2.05) is 29.1 Å². The fraction of sp³-hybridized carbons (Fsp3) is 0.250. The molecule has 8 N–H and O–H groups in total. The van der Waals surface area contributed by atoms with Gasteiger partial charge in [-0.2, -0.15) is 0 Å². The minimum atomic E-state index is -1.79. The number of carbonyl (C=O) groups excluding carboxylic acids is 2. The maximum absolute atomic E-state index is 14.7. The Bertz CT molecular complexity index is 2200. The predicted molar refractivity (Wildman–Crippen MR) is 184 cm³/mol. The summed E-state index contributed by atoms with van der Waals surface area (Å²) in [5.74, 6) is -4.64. The molecule has 2 amide bonds. The van der Waals surface area contributed by atoms with Crippen LogP contribution in [-0.4, -0.2) is 82.7 Å². The second kappa shape index (κ2) is 13.5. The van der Waals surface area contributed by atoms with E-state index in [2.05, 4.69) is 15.5 Å². The quantitative estimate of drug-likeness (QED) is 0.0400. The standard InChI is InChI=1S/C32H30FN9O7S2/c1-32(2,30(47)48)49-39-22(20-14-51-31(36)37-20)26(43)38-23-27(44)42-24(29(45)46)18(13-50-28(23)42)11-40-7-6-21-17(10-40)5-8-41(21)12-16-4-3-15(25(34)35)9-19(16)33/h3-10,14,23,28H,11-13H2,1-2H3,(H7-,34,35,36,37,38,43,45,46,47,48)/p+1/b39-22-/t23-,28-/m1/s1. The number of nitrogen functional groups attached to an aromatic ring is 2. The van der Waals surface area contributed by atoms with Gasteiger partial charge >= 0.3 is 11.9 Å². The number of nitrogens with zero attached hydrogens (tertiary/aromatic N) is 5. The molecule has 0 bridgehead atoms. The fourth-order valence-electron chi connectivity index (χ4n) is 5.49. The summed E-state index contributed by atoms with van der Waals surface area (Å²) in [5.41, 5.74) is 10.8. The summed E-state index contributed by atoms with van der Waals surface area (Å²) < 4.78 is 18.4. The predicted octanol–water partition coefficient (Wildman–Crippen LogP) is 1.46. The Morgan fingerprint density at radius 3 is 2.67 bits per heavy atom. The lowest BCUT2D eigenvalue weighted by Crippen LogP contribution is -2.71. The number of fused-ring (bicyclic) bond motifs is 2. The van der Waals surface area contributed by atoms with Crippen molar-refractivity contribution in [3.05, 3.63) is 88.2 Å². The molecule has 0 aliphatic carbocycles. The summed E-state index contributed by atoms with van der Waals surface area (Å²) >= 11 is 2.29. The molecule has 16 nitrogen and oxygen atoms in total. The van der Waals surface area contributed by atoms with Crippen LogP contribution in [0.4, 0.5) is 9.52 Å². The van der Waals surface area contributed by atoms with Crippen molar-refractivity contribution in [3.63, 3.8) is 0 Å². The Morgan fingerprint density at radius 1 is 1.25 bits per heavy atom. The van der Waals surface area contributed by atoms with Gasteiger partial charge in [-0.3, -0.25) is 19.9 Å². The topological polar surface area (TPSA) is 243 Å².